The zero-order valence-corrected chi connectivity index (χ0v) is 13.1. The van der Waals surface area contributed by atoms with Gasteiger partial charge in [-0.05, 0) is 37.4 Å². The van der Waals surface area contributed by atoms with Gasteiger partial charge < -0.3 is 5.73 Å². The van der Waals surface area contributed by atoms with Crippen LogP contribution in [0.3, 0.4) is 0 Å². The number of hydrogen-bond donors (Lipinski definition) is 1. The summed E-state index contributed by atoms with van der Waals surface area (Å²) in [5, 5.41) is -0.182. The molecule has 20 heavy (non-hydrogen) atoms. The first-order valence-corrected chi connectivity index (χ1v) is 7.93. The summed E-state index contributed by atoms with van der Waals surface area (Å²) in [6.07, 6.45) is 1.41. The molecule has 1 aromatic rings. The van der Waals surface area contributed by atoms with Gasteiger partial charge in [0.2, 0.25) is 10.0 Å². The number of nitrogens with two attached hydrogens (primary N) is 1. The van der Waals surface area contributed by atoms with Gasteiger partial charge in [0, 0.05) is 13.1 Å². The average molecular weight is 343 g/mol. The number of benzene rings is 1. The van der Waals surface area contributed by atoms with Crippen LogP contribution in [-0.4, -0.2) is 32.4 Å². The molecule has 1 fully saturated rings. The highest BCUT2D eigenvalue weighted by molar-refractivity contribution is 7.89. The number of halogens is 3. The van der Waals surface area contributed by atoms with Crippen LogP contribution in [-0.2, 0) is 10.0 Å². The summed E-state index contributed by atoms with van der Waals surface area (Å²) in [6, 6.07) is 4.01. The Morgan fingerprint density at radius 1 is 1.35 bits per heavy atom. The van der Waals surface area contributed by atoms with E-state index in [1.807, 2.05) is 0 Å². The van der Waals surface area contributed by atoms with Crippen molar-refractivity contribution in [3.05, 3.63) is 29.0 Å². The Hall–Kier alpha value is -0.400. The van der Waals surface area contributed by atoms with E-state index in [0.29, 0.717) is 38.4 Å². The molecule has 1 saturated heterocycles. The van der Waals surface area contributed by atoms with E-state index < -0.39 is 15.8 Å². The van der Waals surface area contributed by atoms with Crippen molar-refractivity contribution in [1.29, 1.82) is 0 Å². The molecule has 114 valence electrons. The van der Waals surface area contributed by atoms with Crippen LogP contribution in [0.1, 0.15) is 12.8 Å². The van der Waals surface area contributed by atoms with E-state index in [4.69, 9.17) is 17.3 Å². The molecule has 0 amide bonds. The van der Waals surface area contributed by atoms with Gasteiger partial charge in [0.1, 0.15) is 4.90 Å². The van der Waals surface area contributed by atoms with Gasteiger partial charge in [0.25, 0.3) is 0 Å². The fourth-order valence-electron chi connectivity index (χ4n) is 2.21. The molecule has 2 N–H and O–H groups in total. The van der Waals surface area contributed by atoms with Gasteiger partial charge in [0.05, 0.1) is 5.02 Å². The van der Waals surface area contributed by atoms with Crippen molar-refractivity contribution in [2.24, 2.45) is 11.7 Å². The molecule has 0 radical (unpaired) electrons. The maximum absolute atomic E-state index is 13.8. The van der Waals surface area contributed by atoms with Crippen LogP contribution in [0.2, 0.25) is 5.02 Å². The normalized spacial score (nSPS) is 17.8. The summed E-state index contributed by atoms with van der Waals surface area (Å²) >= 11 is 5.63. The molecule has 0 aromatic heterocycles. The lowest BCUT2D eigenvalue weighted by Crippen LogP contribution is -2.40. The monoisotopic (exact) mass is 342 g/mol. The molecule has 1 aromatic carbocycles. The third-order valence-electron chi connectivity index (χ3n) is 3.44. The summed E-state index contributed by atoms with van der Waals surface area (Å²) < 4.78 is 39.8. The average Bonchev–Trinajstić information content (AvgIpc) is 2.41. The van der Waals surface area contributed by atoms with E-state index in [-0.39, 0.29) is 22.3 Å². The molecular formula is C12H17Cl2FN2O2S. The Labute approximate surface area is 129 Å². The number of nitrogens with zero attached hydrogens (tertiary/aromatic N) is 1. The van der Waals surface area contributed by atoms with E-state index in [0.717, 1.165) is 0 Å². The molecule has 8 heteroatoms. The van der Waals surface area contributed by atoms with Gasteiger partial charge in [-0.3, -0.25) is 0 Å². The second-order valence-electron chi connectivity index (χ2n) is 4.64. The minimum Gasteiger partial charge on any atom is -0.330 e. The summed E-state index contributed by atoms with van der Waals surface area (Å²) in [5.74, 6) is -0.541. The molecule has 0 bridgehead atoms. The van der Waals surface area contributed by atoms with Gasteiger partial charge in [0.15, 0.2) is 5.82 Å². The van der Waals surface area contributed by atoms with E-state index in [1.165, 1.54) is 22.5 Å². The van der Waals surface area contributed by atoms with Gasteiger partial charge in [-0.2, -0.15) is 4.31 Å². The smallest absolute Gasteiger partial charge is 0.246 e. The topological polar surface area (TPSA) is 63.4 Å². The largest absolute Gasteiger partial charge is 0.330 e. The first-order valence-electron chi connectivity index (χ1n) is 6.11. The molecular weight excluding hydrogens is 326 g/mol. The maximum atomic E-state index is 13.8. The van der Waals surface area contributed by atoms with Crippen molar-refractivity contribution < 1.29 is 12.8 Å². The minimum atomic E-state index is -3.81. The quantitative estimate of drug-likeness (QED) is 0.916. The summed E-state index contributed by atoms with van der Waals surface area (Å²) in [7, 11) is -3.81. The van der Waals surface area contributed by atoms with Crippen LogP contribution in [0.25, 0.3) is 0 Å². The fraction of sp³-hybridized carbons (Fsp3) is 0.500. The fourth-order valence-corrected chi connectivity index (χ4v) is 3.99. The van der Waals surface area contributed by atoms with Crippen molar-refractivity contribution in [1.82, 2.24) is 4.31 Å². The zero-order chi connectivity index (χ0) is 14.0. The second kappa shape index (κ2) is 7.04. The van der Waals surface area contributed by atoms with Gasteiger partial charge in [-0.15, -0.1) is 12.4 Å². The van der Waals surface area contributed by atoms with Crippen LogP contribution < -0.4 is 5.73 Å². The first kappa shape index (κ1) is 17.7. The van der Waals surface area contributed by atoms with Crippen molar-refractivity contribution in [3.8, 4) is 0 Å². The molecule has 2 rings (SSSR count). The van der Waals surface area contributed by atoms with Crippen molar-refractivity contribution in [2.75, 3.05) is 19.6 Å². The molecule has 4 nitrogen and oxygen atoms in total. The van der Waals surface area contributed by atoms with E-state index in [1.54, 1.807) is 0 Å². The Balaban J connectivity index is 0.00000200. The van der Waals surface area contributed by atoms with Gasteiger partial charge >= 0.3 is 0 Å². The Morgan fingerprint density at radius 3 is 2.50 bits per heavy atom. The van der Waals surface area contributed by atoms with Crippen LogP contribution >= 0.6 is 24.0 Å². The third-order valence-corrected chi connectivity index (χ3v) is 5.65. The van der Waals surface area contributed by atoms with Crippen LogP contribution in [0.15, 0.2) is 23.1 Å². The SMILES string of the molecule is Cl.NCC1CCN(S(=O)(=O)c2cccc(Cl)c2F)CC1. The maximum Gasteiger partial charge on any atom is 0.246 e. The molecule has 1 aliphatic heterocycles. The predicted octanol–water partition coefficient (Wildman–Crippen LogP) is 2.26. The van der Waals surface area contributed by atoms with Crippen molar-refractivity contribution in [2.45, 2.75) is 17.7 Å². The lowest BCUT2D eigenvalue weighted by atomic mass is 9.99. The Bertz CT molecular complexity index is 561. The Kier molecular flexibility index (Phi) is 6.22. The molecule has 1 heterocycles. The highest BCUT2D eigenvalue weighted by Gasteiger charge is 2.31. The summed E-state index contributed by atoms with van der Waals surface area (Å²) in [4.78, 5) is -0.355. The van der Waals surface area contributed by atoms with E-state index in [9.17, 15) is 12.8 Å². The highest BCUT2D eigenvalue weighted by Crippen LogP contribution is 2.27. The predicted molar refractivity (Wildman–Crippen MR) is 79.2 cm³/mol. The molecule has 0 unspecified atom stereocenters. The molecule has 0 spiro atoms. The third kappa shape index (κ3) is 3.43. The van der Waals surface area contributed by atoms with Crippen molar-refractivity contribution in [3.63, 3.8) is 0 Å². The van der Waals surface area contributed by atoms with Crippen LogP contribution in [0.4, 0.5) is 4.39 Å². The van der Waals surface area contributed by atoms with Gasteiger partial charge in [-0.1, -0.05) is 17.7 Å². The van der Waals surface area contributed by atoms with E-state index >= 15 is 0 Å². The van der Waals surface area contributed by atoms with Gasteiger partial charge in [-0.25, -0.2) is 12.8 Å². The zero-order valence-electron chi connectivity index (χ0n) is 10.8. The second-order valence-corrected chi connectivity index (χ2v) is 6.95. The molecule has 0 saturated carbocycles. The van der Waals surface area contributed by atoms with Crippen LogP contribution in [0, 0.1) is 11.7 Å². The summed E-state index contributed by atoms with van der Waals surface area (Å²) in [6.45, 7) is 1.30. The first-order chi connectivity index (χ1) is 8.96. The minimum absolute atomic E-state index is 0. The van der Waals surface area contributed by atoms with Crippen molar-refractivity contribution >= 4 is 34.0 Å². The van der Waals surface area contributed by atoms with Crippen LogP contribution in [0.5, 0.6) is 0 Å². The standard InChI is InChI=1S/C12H16ClFN2O2S.ClH/c13-10-2-1-3-11(12(10)14)19(17,18)16-6-4-9(8-15)5-7-16;/h1-3,9H,4-8,15H2;1H. The number of hydrogen-bond acceptors (Lipinski definition) is 3. The number of sulfonamides is 1. The number of rotatable bonds is 3. The lowest BCUT2D eigenvalue weighted by Gasteiger charge is -2.30. The molecule has 0 aliphatic carbocycles. The molecule has 0 atom stereocenters. The van der Waals surface area contributed by atoms with E-state index in [2.05, 4.69) is 0 Å². The number of piperidine rings is 1. The Morgan fingerprint density at radius 2 is 1.95 bits per heavy atom. The highest BCUT2D eigenvalue weighted by atomic mass is 35.5. The lowest BCUT2D eigenvalue weighted by molar-refractivity contribution is 0.278. The summed E-state index contributed by atoms with van der Waals surface area (Å²) in [5.41, 5.74) is 5.57. The molecule has 1 aliphatic rings.